The zero-order valence-corrected chi connectivity index (χ0v) is 19.4. The highest BCUT2D eigenvalue weighted by Crippen LogP contribution is 2.33. The van der Waals surface area contributed by atoms with Crippen LogP contribution in [-0.4, -0.2) is 61.7 Å². The molecule has 1 fully saturated rings. The highest BCUT2D eigenvalue weighted by Gasteiger charge is 2.29. The maximum absolute atomic E-state index is 15.0. The minimum atomic E-state index is -4.35. The van der Waals surface area contributed by atoms with Crippen LogP contribution in [0.2, 0.25) is 5.02 Å². The average molecular weight is 520 g/mol. The van der Waals surface area contributed by atoms with E-state index in [1.807, 2.05) is 0 Å². The molecule has 3 aromatic rings. The van der Waals surface area contributed by atoms with Crippen LogP contribution in [0.1, 0.15) is 5.69 Å². The Balaban J connectivity index is 1.82. The number of pyridine rings is 1. The van der Waals surface area contributed by atoms with Gasteiger partial charge in [-0.05, 0) is 18.2 Å². The Morgan fingerprint density at radius 3 is 2.64 bits per heavy atom. The SMILES string of the molecule is COC(=O)N1CCO[C@@H](Cc2c(-c3c(F)cc(S(=O)(=O)Cl)cc3F)nc3cc(Cl)ccn23)C1. The number of morpholine rings is 1. The van der Waals surface area contributed by atoms with E-state index in [1.165, 1.54) is 18.1 Å². The minimum absolute atomic E-state index is 0.0513. The number of aromatic nitrogens is 2. The highest BCUT2D eigenvalue weighted by atomic mass is 35.7. The fourth-order valence-electron chi connectivity index (χ4n) is 3.74. The molecular weight excluding hydrogens is 503 g/mol. The Kier molecular flexibility index (Phi) is 6.50. The first-order valence-corrected chi connectivity index (χ1v) is 12.3. The molecule has 1 aromatic carbocycles. The van der Waals surface area contributed by atoms with Crippen molar-refractivity contribution in [1.29, 1.82) is 0 Å². The molecular formula is C20H17Cl2F2N3O5S. The molecule has 0 spiro atoms. The van der Waals surface area contributed by atoms with Crippen molar-refractivity contribution in [3.8, 4) is 11.3 Å². The molecule has 2 aromatic heterocycles. The van der Waals surface area contributed by atoms with Gasteiger partial charge in [0.05, 0.1) is 48.2 Å². The largest absolute Gasteiger partial charge is 0.453 e. The summed E-state index contributed by atoms with van der Waals surface area (Å²) in [5.41, 5.74) is 0.137. The molecule has 1 amide bonds. The summed E-state index contributed by atoms with van der Waals surface area (Å²) >= 11 is 6.06. The maximum Gasteiger partial charge on any atom is 0.409 e. The molecule has 33 heavy (non-hydrogen) atoms. The molecule has 1 saturated heterocycles. The predicted molar refractivity (Wildman–Crippen MR) is 116 cm³/mol. The number of benzene rings is 1. The van der Waals surface area contributed by atoms with E-state index in [-0.39, 0.29) is 25.3 Å². The van der Waals surface area contributed by atoms with E-state index in [1.54, 1.807) is 16.7 Å². The van der Waals surface area contributed by atoms with Gasteiger partial charge in [0, 0.05) is 40.9 Å². The van der Waals surface area contributed by atoms with Gasteiger partial charge in [-0.25, -0.2) is 27.0 Å². The van der Waals surface area contributed by atoms with Gasteiger partial charge >= 0.3 is 6.09 Å². The Hall–Kier alpha value is -2.47. The van der Waals surface area contributed by atoms with Crippen molar-refractivity contribution < 1.29 is 31.5 Å². The van der Waals surface area contributed by atoms with Gasteiger partial charge in [-0.1, -0.05) is 11.6 Å². The second-order valence-electron chi connectivity index (χ2n) is 7.29. The van der Waals surface area contributed by atoms with Gasteiger partial charge in [0.2, 0.25) is 0 Å². The third-order valence-electron chi connectivity index (χ3n) is 5.21. The second-order valence-corrected chi connectivity index (χ2v) is 10.3. The highest BCUT2D eigenvalue weighted by molar-refractivity contribution is 8.13. The monoisotopic (exact) mass is 519 g/mol. The molecule has 8 nitrogen and oxygen atoms in total. The van der Waals surface area contributed by atoms with Crippen molar-refractivity contribution in [3.63, 3.8) is 0 Å². The number of hydrogen-bond acceptors (Lipinski definition) is 6. The molecule has 1 atom stereocenters. The van der Waals surface area contributed by atoms with Gasteiger partial charge in [-0.2, -0.15) is 0 Å². The molecule has 3 heterocycles. The molecule has 0 saturated carbocycles. The van der Waals surface area contributed by atoms with Crippen LogP contribution >= 0.6 is 22.3 Å². The Labute approximate surface area is 197 Å². The van der Waals surface area contributed by atoms with Crippen LogP contribution in [0.5, 0.6) is 0 Å². The van der Waals surface area contributed by atoms with Gasteiger partial charge in [-0.15, -0.1) is 0 Å². The minimum Gasteiger partial charge on any atom is -0.453 e. The lowest BCUT2D eigenvalue weighted by Crippen LogP contribution is -2.46. The number of fused-ring (bicyclic) bond motifs is 1. The topological polar surface area (TPSA) is 90.2 Å². The Bertz CT molecular complexity index is 1330. The van der Waals surface area contributed by atoms with E-state index >= 15 is 0 Å². The van der Waals surface area contributed by atoms with Crippen molar-refractivity contribution in [2.24, 2.45) is 0 Å². The van der Waals surface area contributed by atoms with Gasteiger partial charge in [0.1, 0.15) is 17.3 Å². The normalized spacial score (nSPS) is 16.9. The molecule has 0 aliphatic carbocycles. The maximum atomic E-state index is 15.0. The first-order chi connectivity index (χ1) is 15.6. The van der Waals surface area contributed by atoms with Gasteiger partial charge in [0.25, 0.3) is 9.05 Å². The summed E-state index contributed by atoms with van der Waals surface area (Å²) in [7, 11) is 2.17. The number of hydrogen-bond donors (Lipinski definition) is 0. The summed E-state index contributed by atoms with van der Waals surface area (Å²) in [6.45, 7) is 0.792. The average Bonchev–Trinajstić information content (AvgIpc) is 3.09. The molecule has 1 aliphatic rings. The zero-order chi connectivity index (χ0) is 23.9. The third kappa shape index (κ3) is 4.77. The summed E-state index contributed by atoms with van der Waals surface area (Å²) < 4.78 is 65.1. The van der Waals surface area contributed by atoms with E-state index < -0.39 is 43.3 Å². The molecule has 0 radical (unpaired) electrons. The van der Waals surface area contributed by atoms with Crippen LogP contribution in [0.3, 0.4) is 0 Å². The van der Waals surface area contributed by atoms with Crippen LogP contribution in [-0.2, 0) is 24.9 Å². The van der Waals surface area contributed by atoms with Crippen LogP contribution in [0.4, 0.5) is 13.6 Å². The van der Waals surface area contributed by atoms with E-state index in [2.05, 4.69) is 4.98 Å². The summed E-state index contributed by atoms with van der Waals surface area (Å²) in [6.07, 6.45) is 0.710. The van der Waals surface area contributed by atoms with Gasteiger partial charge in [-0.3, -0.25) is 0 Å². The third-order valence-corrected chi connectivity index (χ3v) is 6.78. The number of nitrogens with zero attached hydrogens (tertiary/aromatic N) is 3. The molecule has 0 unspecified atom stereocenters. The fraction of sp³-hybridized carbons (Fsp3) is 0.300. The number of imidazole rings is 1. The number of halogens is 4. The van der Waals surface area contributed by atoms with Gasteiger partial charge < -0.3 is 18.8 Å². The summed E-state index contributed by atoms with van der Waals surface area (Å²) in [4.78, 5) is 17.0. The zero-order valence-electron chi connectivity index (χ0n) is 17.1. The molecule has 13 heteroatoms. The number of ether oxygens (including phenoxy) is 2. The predicted octanol–water partition coefficient (Wildman–Crippen LogP) is 3.87. The molecule has 1 aliphatic heterocycles. The van der Waals surface area contributed by atoms with Gasteiger partial charge in [0.15, 0.2) is 0 Å². The lowest BCUT2D eigenvalue weighted by Gasteiger charge is -2.32. The van der Waals surface area contributed by atoms with Crippen molar-refractivity contribution in [2.75, 3.05) is 26.8 Å². The first kappa shape index (κ1) is 23.7. The van der Waals surface area contributed by atoms with E-state index in [9.17, 15) is 22.0 Å². The van der Waals surface area contributed by atoms with E-state index in [0.717, 1.165) is 0 Å². The number of methoxy groups -OCH3 is 1. The van der Waals surface area contributed by atoms with Crippen LogP contribution < -0.4 is 0 Å². The Morgan fingerprint density at radius 2 is 2.00 bits per heavy atom. The summed E-state index contributed by atoms with van der Waals surface area (Å²) in [6, 6.07) is 4.38. The summed E-state index contributed by atoms with van der Waals surface area (Å²) in [5.74, 6) is -2.29. The lowest BCUT2D eigenvalue weighted by molar-refractivity contribution is -0.0241. The molecule has 176 valence electrons. The number of rotatable bonds is 4. The molecule has 0 N–H and O–H groups in total. The number of amides is 1. The fourth-order valence-corrected chi connectivity index (χ4v) is 4.65. The number of carbonyl (C=O) groups excluding carboxylic acids is 1. The van der Waals surface area contributed by atoms with Crippen molar-refractivity contribution in [1.82, 2.24) is 14.3 Å². The second kappa shape index (κ2) is 9.05. The van der Waals surface area contributed by atoms with Crippen LogP contribution in [0.15, 0.2) is 35.4 Å². The van der Waals surface area contributed by atoms with Crippen molar-refractivity contribution in [2.45, 2.75) is 17.4 Å². The van der Waals surface area contributed by atoms with Crippen molar-refractivity contribution in [3.05, 3.63) is 52.8 Å². The smallest absolute Gasteiger partial charge is 0.409 e. The van der Waals surface area contributed by atoms with Crippen LogP contribution in [0.25, 0.3) is 16.9 Å². The lowest BCUT2D eigenvalue weighted by atomic mass is 10.0. The van der Waals surface area contributed by atoms with Crippen molar-refractivity contribution >= 4 is 43.1 Å². The van der Waals surface area contributed by atoms with Crippen LogP contribution in [0, 0.1) is 11.6 Å². The number of carbonyl (C=O) groups is 1. The van der Waals surface area contributed by atoms with E-state index in [4.69, 9.17) is 31.8 Å². The van der Waals surface area contributed by atoms with E-state index in [0.29, 0.717) is 35.0 Å². The molecule has 0 bridgehead atoms. The standard InChI is InChI=1S/C20H17Cl2F2N3O5S/c1-31-20(28)26-4-5-32-12(10-26)7-16-19(25-17-6-11(21)2-3-27(16)17)18-14(23)8-13(9-15(18)24)33(22,29)30/h2-3,6,8-9,12H,4-5,7,10H2,1H3/t12-/m0/s1. The summed E-state index contributed by atoms with van der Waals surface area (Å²) in [5, 5.41) is 0.362. The Morgan fingerprint density at radius 1 is 1.30 bits per heavy atom. The quantitative estimate of drug-likeness (QED) is 0.486. The first-order valence-electron chi connectivity index (χ1n) is 9.63. The molecule has 4 rings (SSSR count).